The van der Waals surface area contributed by atoms with E-state index in [0.717, 1.165) is 0 Å². The molecule has 24 heavy (non-hydrogen) atoms. The molecule has 2 atom stereocenters. The number of nitrogens with zero attached hydrogens (tertiary/aromatic N) is 1. The van der Waals surface area contributed by atoms with E-state index >= 15 is 0 Å². The highest BCUT2D eigenvalue weighted by molar-refractivity contribution is 6.35. The van der Waals surface area contributed by atoms with Gasteiger partial charge in [0.25, 0.3) is 5.91 Å². The average Bonchev–Trinajstić information content (AvgIpc) is 2.55. The minimum absolute atomic E-state index is 0.208. The fraction of sp³-hybridized carbons (Fsp3) is 0.412. The summed E-state index contributed by atoms with van der Waals surface area (Å²) in [5, 5.41) is 0.798. The summed E-state index contributed by atoms with van der Waals surface area (Å²) in [6.45, 7) is 7.45. The van der Waals surface area contributed by atoms with Crippen molar-refractivity contribution >= 4 is 35.1 Å². The van der Waals surface area contributed by atoms with Crippen LogP contribution in [0.15, 0.2) is 30.9 Å². The van der Waals surface area contributed by atoms with Gasteiger partial charge in [-0.3, -0.25) is 9.59 Å². The molecule has 0 radical (unpaired) electrons. The van der Waals surface area contributed by atoms with Gasteiger partial charge in [-0.1, -0.05) is 36.2 Å². The first-order valence-corrected chi connectivity index (χ1v) is 8.15. The van der Waals surface area contributed by atoms with E-state index in [1.54, 1.807) is 32.1 Å². The van der Waals surface area contributed by atoms with Crippen molar-refractivity contribution in [3.05, 3.63) is 40.9 Å². The van der Waals surface area contributed by atoms with Crippen LogP contribution in [0.2, 0.25) is 10.0 Å². The van der Waals surface area contributed by atoms with E-state index in [-0.39, 0.29) is 18.4 Å². The largest absolute Gasteiger partial charge is 0.479 e. The van der Waals surface area contributed by atoms with Gasteiger partial charge in [-0.15, -0.1) is 6.58 Å². The third-order valence-corrected chi connectivity index (χ3v) is 3.83. The molecule has 0 saturated carbocycles. The summed E-state index contributed by atoms with van der Waals surface area (Å²) >= 11 is 11.9. The molecular formula is C17H21Cl2NO4. The summed E-state index contributed by atoms with van der Waals surface area (Å²) in [5.74, 6) is -0.755. The summed E-state index contributed by atoms with van der Waals surface area (Å²) in [5.41, 5.74) is 0. The molecule has 1 rings (SSSR count). The monoisotopic (exact) mass is 373 g/mol. The van der Waals surface area contributed by atoms with E-state index in [0.29, 0.717) is 22.3 Å². The first-order valence-electron chi connectivity index (χ1n) is 7.39. The molecule has 5 nitrogen and oxygen atoms in total. The van der Waals surface area contributed by atoms with Crippen LogP contribution in [-0.2, 0) is 14.3 Å². The quantitative estimate of drug-likeness (QED) is 0.516. The summed E-state index contributed by atoms with van der Waals surface area (Å²) in [4.78, 5) is 25.6. The minimum atomic E-state index is -0.784. The van der Waals surface area contributed by atoms with Gasteiger partial charge < -0.3 is 14.4 Å². The number of carbonyl (C=O) groups excluding carboxylic acids is 2. The topological polar surface area (TPSA) is 55.8 Å². The fourth-order valence-corrected chi connectivity index (χ4v) is 2.54. The molecule has 0 N–H and O–H groups in total. The normalized spacial score (nSPS) is 12.9. The van der Waals surface area contributed by atoms with E-state index in [1.807, 2.05) is 0 Å². The number of benzene rings is 1. The van der Waals surface area contributed by atoms with Crippen LogP contribution >= 0.6 is 23.2 Å². The number of esters is 1. The number of rotatable bonds is 8. The van der Waals surface area contributed by atoms with Crippen LogP contribution in [-0.4, -0.2) is 43.1 Å². The zero-order chi connectivity index (χ0) is 18.3. The molecule has 0 spiro atoms. The standard InChI is InChI=1S/C17H21Cl2NO4/c1-5-8-20(10-11(2)17(22)23-4)16(21)12(3)24-15-7-6-13(18)9-14(15)19/h5-7,9,11-12H,1,8,10H2,2-4H3. The molecule has 0 bridgehead atoms. The van der Waals surface area contributed by atoms with Crippen LogP contribution in [0.25, 0.3) is 0 Å². The molecule has 1 amide bonds. The molecular weight excluding hydrogens is 353 g/mol. The highest BCUT2D eigenvalue weighted by Crippen LogP contribution is 2.28. The lowest BCUT2D eigenvalue weighted by atomic mass is 10.1. The first kappa shape index (κ1) is 20.3. The number of halogens is 2. The van der Waals surface area contributed by atoms with Crippen molar-refractivity contribution in [2.45, 2.75) is 20.0 Å². The van der Waals surface area contributed by atoms with Gasteiger partial charge in [0.05, 0.1) is 18.1 Å². The second kappa shape index (κ2) is 9.55. The first-order chi connectivity index (χ1) is 11.3. The Morgan fingerprint density at radius 1 is 1.33 bits per heavy atom. The number of carbonyl (C=O) groups is 2. The van der Waals surface area contributed by atoms with Crippen LogP contribution < -0.4 is 4.74 Å². The molecule has 0 aromatic heterocycles. The minimum Gasteiger partial charge on any atom is -0.479 e. The average molecular weight is 374 g/mol. The second-order valence-corrected chi connectivity index (χ2v) is 6.13. The molecule has 0 aliphatic rings. The third-order valence-electron chi connectivity index (χ3n) is 3.30. The van der Waals surface area contributed by atoms with Gasteiger partial charge >= 0.3 is 5.97 Å². The maximum Gasteiger partial charge on any atom is 0.310 e. The van der Waals surface area contributed by atoms with Gasteiger partial charge in [0.2, 0.25) is 0 Å². The van der Waals surface area contributed by atoms with Crippen molar-refractivity contribution in [2.24, 2.45) is 5.92 Å². The Labute approximate surface area is 152 Å². The van der Waals surface area contributed by atoms with E-state index < -0.39 is 12.0 Å². The van der Waals surface area contributed by atoms with E-state index in [1.165, 1.54) is 18.1 Å². The molecule has 0 heterocycles. The van der Waals surface area contributed by atoms with Crippen molar-refractivity contribution < 1.29 is 19.1 Å². The highest BCUT2D eigenvalue weighted by atomic mass is 35.5. The Morgan fingerprint density at radius 3 is 2.54 bits per heavy atom. The zero-order valence-electron chi connectivity index (χ0n) is 13.9. The predicted octanol–water partition coefficient (Wildman–Crippen LogP) is 3.58. The Hall–Kier alpha value is -1.72. The Balaban J connectivity index is 2.81. The van der Waals surface area contributed by atoms with Gasteiger partial charge in [-0.05, 0) is 25.1 Å². The predicted molar refractivity (Wildman–Crippen MR) is 94.5 cm³/mol. The van der Waals surface area contributed by atoms with Crippen molar-refractivity contribution in [3.8, 4) is 5.75 Å². The van der Waals surface area contributed by atoms with E-state index in [2.05, 4.69) is 11.3 Å². The molecule has 132 valence electrons. The van der Waals surface area contributed by atoms with Crippen LogP contribution in [0.1, 0.15) is 13.8 Å². The lowest BCUT2D eigenvalue weighted by molar-refractivity contribution is -0.147. The van der Waals surface area contributed by atoms with Gasteiger partial charge in [0, 0.05) is 18.1 Å². The van der Waals surface area contributed by atoms with Crippen molar-refractivity contribution in [1.29, 1.82) is 0 Å². The van der Waals surface area contributed by atoms with E-state index in [9.17, 15) is 9.59 Å². The smallest absolute Gasteiger partial charge is 0.310 e. The number of ether oxygens (including phenoxy) is 2. The molecule has 0 fully saturated rings. The second-order valence-electron chi connectivity index (χ2n) is 5.29. The van der Waals surface area contributed by atoms with Crippen LogP contribution in [0, 0.1) is 5.92 Å². The lowest BCUT2D eigenvalue weighted by Crippen LogP contribution is -2.44. The fourth-order valence-electron chi connectivity index (χ4n) is 2.09. The Morgan fingerprint density at radius 2 is 2.00 bits per heavy atom. The third kappa shape index (κ3) is 5.73. The molecule has 0 aliphatic carbocycles. The molecule has 0 aliphatic heterocycles. The molecule has 7 heteroatoms. The van der Waals surface area contributed by atoms with Crippen LogP contribution in [0.4, 0.5) is 0 Å². The molecule has 0 saturated heterocycles. The van der Waals surface area contributed by atoms with Crippen LogP contribution in [0.5, 0.6) is 5.75 Å². The Bertz CT molecular complexity index is 606. The van der Waals surface area contributed by atoms with Crippen molar-refractivity contribution in [2.75, 3.05) is 20.2 Å². The highest BCUT2D eigenvalue weighted by Gasteiger charge is 2.26. The summed E-state index contributed by atoms with van der Waals surface area (Å²) in [6, 6.07) is 4.76. The summed E-state index contributed by atoms with van der Waals surface area (Å²) in [7, 11) is 1.31. The lowest BCUT2D eigenvalue weighted by Gasteiger charge is -2.27. The van der Waals surface area contributed by atoms with E-state index in [4.69, 9.17) is 27.9 Å². The summed E-state index contributed by atoms with van der Waals surface area (Å²) in [6.07, 6.45) is 0.803. The molecule has 1 aromatic rings. The van der Waals surface area contributed by atoms with Gasteiger partial charge in [-0.25, -0.2) is 0 Å². The van der Waals surface area contributed by atoms with Crippen molar-refractivity contribution in [1.82, 2.24) is 4.90 Å². The van der Waals surface area contributed by atoms with Crippen LogP contribution in [0.3, 0.4) is 0 Å². The van der Waals surface area contributed by atoms with Crippen molar-refractivity contribution in [3.63, 3.8) is 0 Å². The summed E-state index contributed by atoms with van der Waals surface area (Å²) < 4.78 is 10.3. The zero-order valence-corrected chi connectivity index (χ0v) is 15.4. The molecule has 1 aromatic carbocycles. The number of methoxy groups -OCH3 is 1. The maximum atomic E-state index is 12.6. The van der Waals surface area contributed by atoms with Gasteiger partial charge in [0.15, 0.2) is 6.10 Å². The number of amides is 1. The maximum absolute atomic E-state index is 12.6. The number of hydrogen-bond acceptors (Lipinski definition) is 4. The SMILES string of the molecule is C=CCN(CC(C)C(=O)OC)C(=O)C(C)Oc1ccc(Cl)cc1Cl. The number of hydrogen-bond donors (Lipinski definition) is 0. The van der Waals surface area contributed by atoms with Gasteiger partial charge in [0.1, 0.15) is 5.75 Å². The Kier molecular flexibility index (Phi) is 8.08. The molecule has 2 unspecified atom stereocenters. The van der Waals surface area contributed by atoms with Gasteiger partial charge in [-0.2, -0.15) is 0 Å².